The maximum atomic E-state index is 5.76. The normalized spacial score (nSPS) is 11.0. The van der Waals surface area contributed by atoms with Crippen molar-refractivity contribution in [2.75, 3.05) is 0 Å². The van der Waals surface area contributed by atoms with Gasteiger partial charge in [0.05, 0.1) is 0 Å². The Morgan fingerprint density at radius 1 is 1.06 bits per heavy atom. The van der Waals surface area contributed by atoms with Gasteiger partial charge >= 0.3 is 0 Å². The van der Waals surface area contributed by atoms with Crippen molar-refractivity contribution in [1.82, 2.24) is 9.97 Å². The minimum absolute atomic E-state index is 0.509. The van der Waals surface area contributed by atoms with E-state index < -0.39 is 0 Å². The van der Waals surface area contributed by atoms with E-state index in [1.165, 1.54) is 0 Å². The zero-order valence-electron chi connectivity index (χ0n) is 9.85. The Morgan fingerprint density at radius 2 is 1.83 bits per heavy atom. The van der Waals surface area contributed by atoms with Crippen molar-refractivity contribution < 1.29 is 4.42 Å². The number of pyridine rings is 1. The fraction of sp³-hybridized carbons (Fsp3) is 0.143. The summed E-state index contributed by atoms with van der Waals surface area (Å²) in [6, 6.07) is 11.6. The van der Waals surface area contributed by atoms with Gasteiger partial charge in [-0.3, -0.25) is 0 Å². The SMILES string of the molecule is Cc1ccc2oc(-c3ccc(CCl)cc3)nc2n1. The fourth-order valence-electron chi connectivity index (χ4n) is 1.77. The number of alkyl halides is 1. The third-order valence-electron chi connectivity index (χ3n) is 2.75. The Kier molecular flexibility index (Phi) is 2.76. The van der Waals surface area contributed by atoms with Crippen LogP contribution >= 0.6 is 11.6 Å². The molecule has 3 rings (SSSR count). The number of aromatic nitrogens is 2. The Hall–Kier alpha value is -1.87. The van der Waals surface area contributed by atoms with Crippen molar-refractivity contribution in [2.45, 2.75) is 12.8 Å². The number of nitrogens with zero attached hydrogens (tertiary/aromatic N) is 2. The van der Waals surface area contributed by atoms with Crippen molar-refractivity contribution in [3.8, 4) is 11.5 Å². The number of rotatable bonds is 2. The van der Waals surface area contributed by atoms with Gasteiger partial charge in [0.25, 0.3) is 0 Å². The molecule has 3 aromatic rings. The van der Waals surface area contributed by atoms with Crippen LogP contribution in [0, 0.1) is 6.92 Å². The quantitative estimate of drug-likeness (QED) is 0.654. The van der Waals surface area contributed by atoms with E-state index >= 15 is 0 Å². The lowest BCUT2D eigenvalue weighted by Crippen LogP contribution is -1.82. The van der Waals surface area contributed by atoms with E-state index in [9.17, 15) is 0 Å². The molecule has 0 fully saturated rings. The first kappa shape index (κ1) is 11.2. The van der Waals surface area contributed by atoms with Gasteiger partial charge in [-0.25, -0.2) is 4.98 Å². The summed E-state index contributed by atoms with van der Waals surface area (Å²) in [6.45, 7) is 1.93. The van der Waals surface area contributed by atoms with Crippen LogP contribution in [0.25, 0.3) is 22.7 Å². The highest BCUT2D eigenvalue weighted by Crippen LogP contribution is 2.23. The van der Waals surface area contributed by atoms with Crippen LogP contribution in [0.15, 0.2) is 40.8 Å². The molecule has 0 bridgehead atoms. The smallest absolute Gasteiger partial charge is 0.228 e. The van der Waals surface area contributed by atoms with Crippen LogP contribution in [-0.4, -0.2) is 9.97 Å². The highest BCUT2D eigenvalue weighted by Gasteiger charge is 2.08. The molecule has 2 aromatic heterocycles. The number of hydrogen-bond donors (Lipinski definition) is 0. The summed E-state index contributed by atoms with van der Waals surface area (Å²) in [6.07, 6.45) is 0. The van der Waals surface area contributed by atoms with Crippen LogP contribution in [0.4, 0.5) is 0 Å². The molecule has 0 saturated carbocycles. The van der Waals surface area contributed by atoms with Crippen LogP contribution in [0.2, 0.25) is 0 Å². The van der Waals surface area contributed by atoms with Gasteiger partial charge in [-0.2, -0.15) is 4.98 Å². The summed E-state index contributed by atoms with van der Waals surface area (Å²) in [5.41, 5.74) is 4.29. The average molecular weight is 259 g/mol. The summed E-state index contributed by atoms with van der Waals surface area (Å²) in [7, 11) is 0. The predicted molar refractivity (Wildman–Crippen MR) is 71.5 cm³/mol. The Bertz CT molecular complexity index is 689. The maximum absolute atomic E-state index is 5.76. The van der Waals surface area contributed by atoms with Gasteiger partial charge in [0.1, 0.15) is 0 Å². The lowest BCUT2D eigenvalue weighted by Gasteiger charge is -1.96. The molecule has 0 spiro atoms. The summed E-state index contributed by atoms with van der Waals surface area (Å²) < 4.78 is 5.68. The fourth-order valence-corrected chi connectivity index (χ4v) is 1.95. The van der Waals surface area contributed by atoms with E-state index in [1.807, 2.05) is 43.3 Å². The first-order valence-corrected chi connectivity index (χ1v) is 6.19. The molecule has 1 aromatic carbocycles. The van der Waals surface area contributed by atoms with E-state index in [1.54, 1.807) is 0 Å². The summed E-state index contributed by atoms with van der Waals surface area (Å²) in [5.74, 6) is 1.10. The molecule has 0 atom stereocenters. The van der Waals surface area contributed by atoms with E-state index in [4.69, 9.17) is 16.0 Å². The molecule has 4 heteroatoms. The zero-order chi connectivity index (χ0) is 12.5. The molecule has 0 N–H and O–H groups in total. The number of benzene rings is 1. The first-order chi connectivity index (χ1) is 8.76. The van der Waals surface area contributed by atoms with Crippen LogP contribution in [0.5, 0.6) is 0 Å². The number of aryl methyl sites for hydroxylation is 1. The largest absolute Gasteiger partial charge is 0.434 e. The second kappa shape index (κ2) is 4.42. The van der Waals surface area contributed by atoms with Gasteiger partial charge in [0.2, 0.25) is 5.89 Å². The molecule has 0 radical (unpaired) electrons. The molecule has 0 aliphatic heterocycles. The monoisotopic (exact) mass is 258 g/mol. The number of oxazole rings is 1. The first-order valence-electron chi connectivity index (χ1n) is 5.66. The van der Waals surface area contributed by atoms with Gasteiger partial charge in [0.15, 0.2) is 11.2 Å². The third kappa shape index (κ3) is 1.97. The van der Waals surface area contributed by atoms with Gasteiger partial charge < -0.3 is 4.42 Å². The summed E-state index contributed by atoms with van der Waals surface area (Å²) >= 11 is 5.76. The Labute approximate surface area is 109 Å². The second-order valence-electron chi connectivity index (χ2n) is 4.12. The van der Waals surface area contributed by atoms with Gasteiger partial charge in [-0.1, -0.05) is 12.1 Å². The molecule has 0 amide bonds. The van der Waals surface area contributed by atoms with E-state index in [0.29, 0.717) is 23.0 Å². The van der Waals surface area contributed by atoms with Crippen molar-refractivity contribution >= 4 is 22.8 Å². The number of halogens is 1. The predicted octanol–water partition coefficient (Wildman–Crippen LogP) is 3.94. The maximum Gasteiger partial charge on any atom is 0.228 e. The third-order valence-corrected chi connectivity index (χ3v) is 3.06. The van der Waals surface area contributed by atoms with Gasteiger partial charge in [-0.15, -0.1) is 11.6 Å². The minimum atomic E-state index is 0.509. The molecule has 2 heterocycles. The topological polar surface area (TPSA) is 38.9 Å². The minimum Gasteiger partial charge on any atom is -0.434 e. The van der Waals surface area contributed by atoms with Crippen molar-refractivity contribution in [2.24, 2.45) is 0 Å². The number of hydrogen-bond acceptors (Lipinski definition) is 3. The van der Waals surface area contributed by atoms with Crippen LogP contribution in [0.1, 0.15) is 11.3 Å². The molecule has 90 valence electrons. The molecule has 3 nitrogen and oxygen atoms in total. The lowest BCUT2D eigenvalue weighted by molar-refractivity contribution is 0.619. The number of fused-ring (bicyclic) bond motifs is 1. The van der Waals surface area contributed by atoms with Crippen molar-refractivity contribution in [1.29, 1.82) is 0 Å². The molecular weight excluding hydrogens is 248 g/mol. The lowest BCUT2D eigenvalue weighted by atomic mass is 10.1. The standard InChI is InChI=1S/C14H11ClN2O/c1-9-2-7-12-13(16-9)17-14(18-12)11-5-3-10(8-15)4-6-11/h2-7H,8H2,1H3. The van der Waals surface area contributed by atoms with Crippen LogP contribution in [0.3, 0.4) is 0 Å². The van der Waals surface area contributed by atoms with E-state index in [2.05, 4.69) is 9.97 Å². The van der Waals surface area contributed by atoms with Crippen LogP contribution in [-0.2, 0) is 5.88 Å². The summed E-state index contributed by atoms with van der Waals surface area (Å²) in [5, 5.41) is 0. The van der Waals surface area contributed by atoms with E-state index in [-0.39, 0.29) is 0 Å². The molecule has 0 aliphatic carbocycles. The highest BCUT2D eigenvalue weighted by atomic mass is 35.5. The van der Waals surface area contributed by atoms with Crippen molar-refractivity contribution in [3.63, 3.8) is 0 Å². The molecular formula is C14H11ClN2O. The van der Waals surface area contributed by atoms with E-state index in [0.717, 1.165) is 16.8 Å². The molecule has 18 heavy (non-hydrogen) atoms. The zero-order valence-corrected chi connectivity index (χ0v) is 10.6. The second-order valence-corrected chi connectivity index (χ2v) is 4.39. The molecule has 0 saturated heterocycles. The average Bonchev–Trinajstić information content (AvgIpc) is 2.81. The van der Waals surface area contributed by atoms with Gasteiger partial charge in [0, 0.05) is 17.1 Å². The van der Waals surface area contributed by atoms with Crippen molar-refractivity contribution in [3.05, 3.63) is 47.7 Å². The molecule has 0 aliphatic rings. The highest BCUT2D eigenvalue weighted by molar-refractivity contribution is 6.17. The Morgan fingerprint density at radius 3 is 2.56 bits per heavy atom. The molecule has 0 unspecified atom stereocenters. The van der Waals surface area contributed by atoms with Crippen LogP contribution < -0.4 is 0 Å². The summed E-state index contributed by atoms with van der Waals surface area (Å²) in [4.78, 5) is 8.72. The van der Waals surface area contributed by atoms with Gasteiger partial charge in [-0.05, 0) is 36.8 Å². The Balaban J connectivity index is 2.07.